The van der Waals surface area contributed by atoms with Gasteiger partial charge >= 0.3 is 0 Å². The maximum Gasteiger partial charge on any atom is 0.131 e. The highest BCUT2D eigenvalue weighted by atomic mass is 19.1. The van der Waals surface area contributed by atoms with Crippen LogP contribution >= 0.6 is 0 Å². The maximum atomic E-state index is 14.9. The zero-order valence-corrected chi connectivity index (χ0v) is 28.8. The summed E-state index contributed by atoms with van der Waals surface area (Å²) < 4.78 is 72.0. The lowest BCUT2D eigenvalue weighted by molar-refractivity contribution is 0.583. The summed E-state index contributed by atoms with van der Waals surface area (Å²) in [5.41, 5.74) is 7.80. The van der Waals surface area contributed by atoms with Crippen LogP contribution in [-0.4, -0.2) is 0 Å². The van der Waals surface area contributed by atoms with Crippen LogP contribution in [0.5, 0.6) is 0 Å². The van der Waals surface area contributed by atoms with Crippen LogP contribution in [0.2, 0.25) is 0 Å². The van der Waals surface area contributed by atoms with E-state index < -0.39 is 28.7 Å². The van der Waals surface area contributed by atoms with Gasteiger partial charge in [-0.2, -0.15) is 0 Å². The Balaban J connectivity index is 1.36. The van der Waals surface area contributed by atoms with Crippen LogP contribution in [0, 0.1) is 29.1 Å². The van der Waals surface area contributed by atoms with Gasteiger partial charge in [-0.1, -0.05) is 146 Å². The molecule has 0 aromatic heterocycles. The smallest absolute Gasteiger partial charge is 0.131 e. The van der Waals surface area contributed by atoms with Crippen LogP contribution in [0.15, 0.2) is 188 Å². The Morgan fingerprint density at radius 1 is 0.259 bits per heavy atom. The molecule has 0 bridgehead atoms. The predicted molar refractivity (Wildman–Crippen MR) is 206 cm³/mol. The van der Waals surface area contributed by atoms with Gasteiger partial charge in [-0.3, -0.25) is 0 Å². The van der Waals surface area contributed by atoms with Crippen molar-refractivity contribution >= 4 is 0 Å². The average molecular weight is 715 g/mol. The summed E-state index contributed by atoms with van der Waals surface area (Å²) >= 11 is 0. The van der Waals surface area contributed by atoms with Gasteiger partial charge in [-0.25, -0.2) is 22.0 Å². The molecule has 0 aliphatic carbocycles. The number of halogens is 5. The molecule has 8 aromatic carbocycles. The molecule has 0 heterocycles. The van der Waals surface area contributed by atoms with Gasteiger partial charge in [0, 0.05) is 17.7 Å². The van der Waals surface area contributed by atoms with Crippen LogP contribution in [-0.2, 0) is 5.41 Å². The molecule has 0 amide bonds. The van der Waals surface area contributed by atoms with Crippen molar-refractivity contribution < 1.29 is 22.0 Å². The molecule has 8 aromatic rings. The van der Waals surface area contributed by atoms with Crippen molar-refractivity contribution in [3.63, 3.8) is 0 Å². The highest BCUT2D eigenvalue weighted by Gasteiger charge is 2.38. The Morgan fingerprint density at radius 2 is 0.574 bits per heavy atom. The molecule has 0 saturated heterocycles. The zero-order chi connectivity index (χ0) is 37.2. The predicted octanol–water partition coefficient (Wildman–Crippen LogP) is 13.4. The van der Waals surface area contributed by atoms with Gasteiger partial charge in [0.05, 0.1) is 5.41 Å². The quantitative estimate of drug-likeness (QED) is 0.109. The second-order valence-corrected chi connectivity index (χ2v) is 13.2. The van der Waals surface area contributed by atoms with E-state index in [0.29, 0.717) is 33.4 Å². The first-order valence-corrected chi connectivity index (χ1v) is 17.4. The molecule has 0 fully saturated rings. The van der Waals surface area contributed by atoms with E-state index in [1.165, 1.54) is 30.3 Å². The molecule has 0 aliphatic heterocycles. The topological polar surface area (TPSA) is 0 Å². The number of hydrogen-bond donors (Lipinski definition) is 0. The summed E-state index contributed by atoms with van der Waals surface area (Å²) in [7, 11) is 0. The molecule has 0 unspecified atom stereocenters. The Morgan fingerprint density at radius 3 is 0.963 bits per heavy atom. The van der Waals surface area contributed by atoms with E-state index in [2.05, 4.69) is 24.3 Å². The molecule has 8 rings (SSSR count). The Labute approximate surface area is 310 Å². The molecule has 0 spiro atoms. The summed E-state index contributed by atoms with van der Waals surface area (Å²) in [6.07, 6.45) is 0. The van der Waals surface area contributed by atoms with Gasteiger partial charge in [-0.15, -0.1) is 0 Å². The summed E-state index contributed by atoms with van der Waals surface area (Å²) in [6.45, 7) is 0. The number of rotatable bonds is 8. The first kappa shape index (κ1) is 34.5. The van der Waals surface area contributed by atoms with E-state index >= 15 is 0 Å². The van der Waals surface area contributed by atoms with Crippen molar-refractivity contribution in [2.75, 3.05) is 0 Å². The van der Waals surface area contributed by atoms with Crippen molar-refractivity contribution in [1.29, 1.82) is 0 Å². The van der Waals surface area contributed by atoms with Crippen molar-refractivity contribution in [3.8, 4) is 44.5 Å². The highest BCUT2D eigenvalue weighted by Crippen LogP contribution is 2.47. The fraction of sp³-hybridized carbons (Fsp3) is 0.0204. The van der Waals surface area contributed by atoms with E-state index in [1.807, 2.05) is 103 Å². The molecule has 0 nitrogen and oxygen atoms in total. The van der Waals surface area contributed by atoms with Crippen molar-refractivity contribution in [3.05, 3.63) is 239 Å². The molecule has 54 heavy (non-hydrogen) atoms. The normalized spacial score (nSPS) is 11.4. The minimum absolute atomic E-state index is 0.332. The van der Waals surface area contributed by atoms with Gasteiger partial charge in [0.2, 0.25) is 0 Å². The van der Waals surface area contributed by atoms with E-state index in [0.717, 1.165) is 45.5 Å². The van der Waals surface area contributed by atoms with Gasteiger partial charge in [0.1, 0.15) is 29.1 Å². The third-order valence-corrected chi connectivity index (χ3v) is 9.96. The monoisotopic (exact) mass is 714 g/mol. The van der Waals surface area contributed by atoms with E-state index in [9.17, 15) is 22.0 Å². The zero-order valence-electron chi connectivity index (χ0n) is 28.8. The Hall–Kier alpha value is -6.59. The lowest BCUT2D eigenvalue weighted by Gasteiger charge is -2.37. The molecule has 0 saturated carbocycles. The van der Waals surface area contributed by atoms with Gasteiger partial charge < -0.3 is 0 Å². The molecule has 0 N–H and O–H groups in total. The van der Waals surface area contributed by atoms with Crippen LogP contribution in [0.3, 0.4) is 0 Å². The second kappa shape index (κ2) is 14.4. The summed E-state index contributed by atoms with van der Waals surface area (Å²) in [5, 5.41) is 0. The fourth-order valence-corrected chi connectivity index (χ4v) is 7.40. The van der Waals surface area contributed by atoms with E-state index in [-0.39, 0.29) is 5.82 Å². The van der Waals surface area contributed by atoms with E-state index in [4.69, 9.17) is 0 Å². The number of benzene rings is 8. The highest BCUT2D eigenvalue weighted by molar-refractivity contribution is 5.72. The summed E-state index contributed by atoms with van der Waals surface area (Å²) in [6, 6.07) is 54.8. The Kier molecular flexibility index (Phi) is 9.22. The minimum atomic E-state index is -0.986. The second-order valence-electron chi connectivity index (χ2n) is 13.2. The SMILES string of the molecule is Fc1cc(F)cc(-c2ccc(C(c3ccc(-c4ccccc4)cc3)(c3ccc(-c4cc(F)cc(F)c4)cc3)c3ccc(-c4ccccc4F)cc3)cc2)c1. The molecule has 262 valence electrons. The first-order valence-electron chi connectivity index (χ1n) is 17.4. The van der Waals surface area contributed by atoms with Crippen molar-refractivity contribution in [2.24, 2.45) is 0 Å². The van der Waals surface area contributed by atoms with Gasteiger partial charge in [0.15, 0.2) is 0 Å². The first-order chi connectivity index (χ1) is 26.3. The molecular weight excluding hydrogens is 684 g/mol. The molecule has 0 atom stereocenters. The summed E-state index contributed by atoms with van der Waals surface area (Å²) in [5.74, 6) is -3.02. The fourth-order valence-electron chi connectivity index (χ4n) is 7.40. The number of hydrogen-bond acceptors (Lipinski definition) is 0. The van der Waals surface area contributed by atoms with E-state index in [1.54, 1.807) is 18.2 Å². The van der Waals surface area contributed by atoms with Crippen LogP contribution in [0.4, 0.5) is 22.0 Å². The molecule has 5 heteroatoms. The summed E-state index contributed by atoms with van der Waals surface area (Å²) in [4.78, 5) is 0. The Bertz CT molecular complexity index is 2420. The average Bonchev–Trinajstić information content (AvgIpc) is 3.19. The molecule has 0 radical (unpaired) electrons. The largest absolute Gasteiger partial charge is 0.207 e. The van der Waals surface area contributed by atoms with Gasteiger partial charge in [-0.05, 0) is 91.5 Å². The van der Waals surface area contributed by atoms with Crippen LogP contribution < -0.4 is 0 Å². The third-order valence-electron chi connectivity index (χ3n) is 9.96. The van der Waals surface area contributed by atoms with Crippen molar-refractivity contribution in [1.82, 2.24) is 0 Å². The third kappa shape index (κ3) is 6.61. The molecular formula is C49H31F5. The van der Waals surface area contributed by atoms with Crippen LogP contribution in [0.1, 0.15) is 22.3 Å². The van der Waals surface area contributed by atoms with Gasteiger partial charge in [0.25, 0.3) is 0 Å². The lowest BCUT2D eigenvalue weighted by Crippen LogP contribution is -2.31. The minimum Gasteiger partial charge on any atom is -0.207 e. The standard InChI is InChI=1S/C49H31F5/c50-43-26-37(27-44(51)30-43)34-12-20-40(21-13-34)49(39-18-10-33(11-19-39)32-6-2-1-3-7-32,42-24-16-36(17-25-42)47-8-4-5-9-48(47)54)41-22-14-35(15-23-41)38-28-45(52)31-46(53)29-38/h1-31H. The van der Waals surface area contributed by atoms with Crippen LogP contribution in [0.25, 0.3) is 44.5 Å². The van der Waals surface area contributed by atoms with Crippen molar-refractivity contribution in [2.45, 2.75) is 5.41 Å². The molecule has 0 aliphatic rings. The lowest BCUT2D eigenvalue weighted by atomic mass is 9.64. The maximum absolute atomic E-state index is 14.9.